The molecule has 1 aromatic heterocycles. The predicted octanol–water partition coefficient (Wildman–Crippen LogP) is 1.51. The van der Waals surface area contributed by atoms with Gasteiger partial charge in [-0.3, -0.25) is 4.79 Å². The summed E-state index contributed by atoms with van der Waals surface area (Å²) >= 11 is 7.02. The Balaban J connectivity index is 2.54. The molecule has 1 heterocycles. The number of aliphatic hydroxyl groups excluding tert-OH is 1. The van der Waals surface area contributed by atoms with Crippen molar-refractivity contribution in [1.29, 1.82) is 0 Å². The minimum absolute atomic E-state index is 0.235. The number of rotatable bonds is 3. The van der Waals surface area contributed by atoms with Gasteiger partial charge in [0.25, 0.3) is 5.91 Å². The monoisotopic (exact) mass is 219 g/mol. The zero-order valence-corrected chi connectivity index (χ0v) is 8.65. The van der Waals surface area contributed by atoms with Gasteiger partial charge in [0.05, 0.1) is 11.1 Å². The van der Waals surface area contributed by atoms with Crippen LogP contribution in [0, 0.1) is 0 Å². The standard InChI is InChI=1S/C8H10ClNO2S/c1-5(11)4-10-8(12)7-6(9)2-3-13-7/h2-3,5,11H,4H2,1H3,(H,10,12)/t5-/m1/s1. The number of thiophene rings is 1. The van der Waals surface area contributed by atoms with E-state index in [2.05, 4.69) is 5.32 Å². The summed E-state index contributed by atoms with van der Waals surface area (Å²) in [5, 5.41) is 13.7. The van der Waals surface area contributed by atoms with Crippen molar-refractivity contribution < 1.29 is 9.90 Å². The highest BCUT2D eigenvalue weighted by Crippen LogP contribution is 2.21. The molecule has 13 heavy (non-hydrogen) atoms. The Morgan fingerprint density at radius 1 is 1.85 bits per heavy atom. The van der Waals surface area contributed by atoms with E-state index in [-0.39, 0.29) is 12.5 Å². The summed E-state index contributed by atoms with van der Waals surface area (Å²) in [7, 11) is 0. The topological polar surface area (TPSA) is 49.3 Å². The second-order valence-corrected chi connectivity index (χ2v) is 3.98. The lowest BCUT2D eigenvalue weighted by molar-refractivity contribution is 0.0928. The molecule has 0 aromatic carbocycles. The van der Waals surface area contributed by atoms with E-state index < -0.39 is 6.10 Å². The summed E-state index contributed by atoms with van der Waals surface area (Å²) in [6, 6.07) is 1.67. The number of amides is 1. The third-order valence-corrected chi connectivity index (χ3v) is 2.72. The largest absolute Gasteiger partial charge is 0.392 e. The number of halogens is 1. The minimum Gasteiger partial charge on any atom is -0.392 e. The van der Waals surface area contributed by atoms with Crippen molar-refractivity contribution in [2.45, 2.75) is 13.0 Å². The first-order valence-corrected chi connectivity index (χ1v) is 5.06. The molecule has 1 atom stereocenters. The molecule has 5 heteroatoms. The molecular weight excluding hydrogens is 210 g/mol. The molecule has 1 amide bonds. The van der Waals surface area contributed by atoms with Crippen LogP contribution in [0.1, 0.15) is 16.6 Å². The summed E-state index contributed by atoms with van der Waals surface area (Å²) in [6.45, 7) is 1.85. The second kappa shape index (κ2) is 4.60. The van der Waals surface area contributed by atoms with Crippen molar-refractivity contribution in [2.24, 2.45) is 0 Å². The zero-order chi connectivity index (χ0) is 9.84. The van der Waals surface area contributed by atoms with Gasteiger partial charge in [0.15, 0.2) is 0 Å². The third kappa shape index (κ3) is 2.99. The second-order valence-electron chi connectivity index (χ2n) is 2.66. The predicted molar refractivity (Wildman–Crippen MR) is 53.3 cm³/mol. The minimum atomic E-state index is -0.539. The molecule has 0 aliphatic heterocycles. The highest BCUT2D eigenvalue weighted by molar-refractivity contribution is 7.12. The molecule has 1 rings (SSSR count). The Kier molecular flexibility index (Phi) is 3.71. The van der Waals surface area contributed by atoms with Crippen molar-refractivity contribution in [1.82, 2.24) is 5.32 Å². The van der Waals surface area contributed by atoms with Gasteiger partial charge in [-0.2, -0.15) is 0 Å². The summed E-state index contributed by atoms with van der Waals surface area (Å²) in [5.41, 5.74) is 0. The Morgan fingerprint density at radius 2 is 2.54 bits per heavy atom. The van der Waals surface area contributed by atoms with E-state index in [1.165, 1.54) is 11.3 Å². The van der Waals surface area contributed by atoms with Crippen LogP contribution >= 0.6 is 22.9 Å². The van der Waals surface area contributed by atoms with Crippen LogP contribution in [-0.4, -0.2) is 23.7 Å². The SMILES string of the molecule is C[C@@H](O)CNC(=O)c1sccc1Cl. The van der Waals surface area contributed by atoms with E-state index in [0.29, 0.717) is 9.90 Å². The highest BCUT2D eigenvalue weighted by atomic mass is 35.5. The van der Waals surface area contributed by atoms with Crippen molar-refractivity contribution in [3.8, 4) is 0 Å². The molecule has 2 N–H and O–H groups in total. The van der Waals surface area contributed by atoms with Crippen molar-refractivity contribution in [2.75, 3.05) is 6.54 Å². The number of nitrogens with one attached hydrogen (secondary N) is 1. The van der Waals surface area contributed by atoms with E-state index in [1.807, 2.05) is 0 Å². The molecule has 0 aliphatic carbocycles. The van der Waals surface area contributed by atoms with Crippen LogP contribution in [0.5, 0.6) is 0 Å². The average Bonchev–Trinajstić information content (AvgIpc) is 2.47. The maximum atomic E-state index is 11.3. The number of aliphatic hydroxyl groups is 1. The van der Waals surface area contributed by atoms with Crippen molar-refractivity contribution in [3.63, 3.8) is 0 Å². The van der Waals surface area contributed by atoms with Crippen LogP contribution in [0.4, 0.5) is 0 Å². The van der Waals surface area contributed by atoms with E-state index in [1.54, 1.807) is 18.4 Å². The first-order valence-electron chi connectivity index (χ1n) is 3.80. The Bertz CT molecular complexity index is 298. The van der Waals surface area contributed by atoms with Gasteiger partial charge in [-0.05, 0) is 18.4 Å². The molecule has 0 aliphatic rings. The molecule has 0 bridgehead atoms. The van der Waals surface area contributed by atoms with Crippen LogP contribution in [-0.2, 0) is 0 Å². The summed E-state index contributed by atoms with van der Waals surface area (Å²) in [4.78, 5) is 11.8. The van der Waals surface area contributed by atoms with Crippen LogP contribution in [0.25, 0.3) is 0 Å². The molecular formula is C8H10ClNO2S. The van der Waals surface area contributed by atoms with E-state index in [0.717, 1.165) is 0 Å². The molecule has 1 aromatic rings. The Hall–Kier alpha value is -0.580. The van der Waals surface area contributed by atoms with Crippen molar-refractivity contribution in [3.05, 3.63) is 21.3 Å². The van der Waals surface area contributed by atoms with Crippen LogP contribution in [0.3, 0.4) is 0 Å². The number of hydrogen-bond donors (Lipinski definition) is 2. The van der Waals surface area contributed by atoms with Crippen molar-refractivity contribution >= 4 is 28.8 Å². The smallest absolute Gasteiger partial charge is 0.262 e. The van der Waals surface area contributed by atoms with Gasteiger partial charge in [-0.1, -0.05) is 11.6 Å². The van der Waals surface area contributed by atoms with Crippen LogP contribution in [0.15, 0.2) is 11.4 Å². The fourth-order valence-electron chi connectivity index (χ4n) is 0.776. The van der Waals surface area contributed by atoms with Gasteiger partial charge >= 0.3 is 0 Å². The molecule has 0 saturated carbocycles. The van der Waals surface area contributed by atoms with Gasteiger partial charge in [0, 0.05) is 6.54 Å². The third-order valence-electron chi connectivity index (χ3n) is 1.38. The summed E-state index contributed by atoms with van der Waals surface area (Å²) in [6.07, 6.45) is -0.539. The summed E-state index contributed by atoms with van der Waals surface area (Å²) in [5.74, 6) is -0.235. The van der Waals surface area contributed by atoms with Gasteiger partial charge < -0.3 is 10.4 Å². The highest BCUT2D eigenvalue weighted by Gasteiger charge is 2.11. The zero-order valence-electron chi connectivity index (χ0n) is 7.08. The van der Waals surface area contributed by atoms with E-state index in [9.17, 15) is 4.79 Å². The van der Waals surface area contributed by atoms with Gasteiger partial charge in [-0.25, -0.2) is 0 Å². The lowest BCUT2D eigenvalue weighted by Crippen LogP contribution is -2.30. The maximum absolute atomic E-state index is 11.3. The first kappa shape index (κ1) is 10.5. The lowest BCUT2D eigenvalue weighted by Gasteiger charge is -2.05. The Labute approximate surface area is 85.3 Å². The number of carbonyl (C=O) groups excluding carboxylic acids is 1. The van der Waals surface area contributed by atoms with Crippen LogP contribution < -0.4 is 5.32 Å². The van der Waals surface area contributed by atoms with E-state index in [4.69, 9.17) is 16.7 Å². The maximum Gasteiger partial charge on any atom is 0.262 e. The number of carbonyl (C=O) groups is 1. The molecule has 0 saturated heterocycles. The molecule has 0 spiro atoms. The fourth-order valence-corrected chi connectivity index (χ4v) is 1.83. The Morgan fingerprint density at radius 3 is 3.00 bits per heavy atom. The quantitative estimate of drug-likeness (QED) is 0.810. The van der Waals surface area contributed by atoms with Gasteiger partial charge in [0.1, 0.15) is 4.88 Å². The molecule has 72 valence electrons. The molecule has 0 fully saturated rings. The lowest BCUT2D eigenvalue weighted by atomic mass is 10.4. The molecule has 3 nitrogen and oxygen atoms in total. The van der Waals surface area contributed by atoms with Gasteiger partial charge in [0.2, 0.25) is 0 Å². The molecule has 0 unspecified atom stereocenters. The van der Waals surface area contributed by atoms with Gasteiger partial charge in [-0.15, -0.1) is 11.3 Å². The fraction of sp³-hybridized carbons (Fsp3) is 0.375. The summed E-state index contributed by atoms with van der Waals surface area (Å²) < 4.78 is 0. The van der Waals surface area contributed by atoms with Crippen LogP contribution in [0.2, 0.25) is 5.02 Å². The van der Waals surface area contributed by atoms with E-state index >= 15 is 0 Å². The number of hydrogen-bond acceptors (Lipinski definition) is 3. The normalized spacial score (nSPS) is 12.5. The average molecular weight is 220 g/mol. The first-order chi connectivity index (χ1) is 6.11. The molecule has 0 radical (unpaired) electrons.